The van der Waals surface area contributed by atoms with Crippen LogP contribution in [0, 0.1) is 0 Å². The molecule has 8 rings (SSSR count). The Balaban J connectivity index is 0.784. The first-order valence-electron chi connectivity index (χ1n) is 25.3. The van der Waals surface area contributed by atoms with E-state index in [1.54, 1.807) is 69.1 Å². The molecule has 4 aliphatic heterocycles. The van der Waals surface area contributed by atoms with E-state index in [2.05, 4.69) is 34.6 Å². The molecule has 2 aromatic carbocycles. The fourth-order valence-corrected chi connectivity index (χ4v) is 12.8. The van der Waals surface area contributed by atoms with Crippen molar-refractivity contribution in [3.05, 3.63) is 115 Å². The van der Waals surface area contributed by atoms with Crippen LogP contribution in [0.2, 0.25) is 0 Å². The summed E-state index contributed by atoms with van der Waals surface area (Å²) in [7, 11) is 9.25. The Morgan fingerprint density at radius 2 is 1.12 bits per heavy atom. The monoisotopic (exact) mass is 1130 g/mol. The molecule has 4 fully saturated rings. The van der Waals surface area contributed by atoms with E-state index in [4.69, 9.17) is 49.4 Å². The van der Waals surface area contributed by atoms with Crippen molar-refractivity contribution in [1.29, 1.82) is 0 Å². The lowest BCUT2D eigenvalue weighted by Crippen LogP contribution is -2.51. The number of aromatic nitrogens is 2. The molecule has 4 N–H and O–H groups in total. The highest BCUT2D eigenvalue weighted by Gasteiger charge is 2.46. The van der Waals surface area contributed by atoms with Crippen LogP contribution in [0.1, 0.15) is 48.0 Å². The van der Waals surface area contributed by atoms with Crippen LogP contribution in [-0.2, 0) is 18.9 Å². The molecular formula is C54H66N8O11S4. The molecule has 23 heteroatoms. The van der Waals surface area contributed by atoms with Gasteiger partial charge in [-0.3, -0.25) is 14.6 Å². The summed E-state index contributed by atoms with van der Waals surface area (Å²) in [5.74, 6) is 2.60. The minimum absolute atomic E-state index is 0.208. The van der Waals surface area contributed by atoms with Gasteiger partial charge >= 0.3 is 12.2 Å². The van der Waals surface area contributed by atoms with Crippen LogP contribution in [0.15, 0.2) is 114 Å². The molecule has 4 saturated heterocycles. The van der Waals surface area contributed by atoms with Gasteiger partial charge in [-0.1, -0.05) is 64.6 Å². The predicted molar refractivity (Wildman–Crippen MR) is 302 cm³/mol. The fourth-order valence-electron chi connectivity index (χ4n) is 9.37. The Morgan fingerprint density at radius 3 is 1.61 bits per heavy atom. The van der Waals surface area contributed by atoms with Crippen molar-refractivity contribution in [2.45, 2.75) is 66.7 Å². The minimum atomic E-state index is -0.713. The van der Waals surface area contributed by atoms with E-state index in [0.29, 0.717) is 123 Å². The first-order chi connectivity index (χ1) is 37.4. The molecule has 77 heavy (non-hydrogen) atoms. The number of pyridine rings is 2. The summed E-state index contributed by atoms with van der Waals surface area (Å²) < 4.78 is 47.3. The first-order valence-corrected chi connectivity index (χ1v) is 29.9. The second-order valence-corrected chi connectivity index (χ2v) is 23.1. The summed E-state index contributed by atoms with van der Waals surface area (Å²) in [6, 6.07) is 17.5. The highest BCUT2D eigenvalue weighted by molar-refractivity contribution is 8.77. The van der Waals surface area contributed by atoms with Gasteiger partial charge in [0.25, 0.3) is 5.91 Å². The van der Waals surface area contributed by atoms with Crippen LogP contribution in [-0.4, -0.2) is 164 Å². The lowest BCUT2D eigenvalue weighted by Gasteiger charge is -2.35. The molecule has 2 aromatic heterocycles. The van der Waals surface area contributed by atoms with E-state index in [-0.39, 0.29) is 43.0 Å². The zero-order valence-electron chi connectivity index (χ0n) is 43.3. The Hall–Kier alpha value is -6.11. The van der Waals surface area contributed by atoms with Gasteiger partial charge < -0.3 is 59.2 Å². The quantitative estimate of drug-likeness (QED) is 0.0274. The molecule has 19 nitrogen and oxygen atoms in total. The Labute approximate surface area is 465 Å². The number of nitrogen functional groups attached to an aromatic ring is 2. The predicted octanol–water partition coefficient (Wildman–Crippen LogP) is 9.13. The van der Waals surface area contributed by atoms with Gasteiger partial charge in [0.1, 0.15) is 23.3 Å². The van der Waals surface area contributed by atoms with Crippen LogP contribution in [0.4, 0.5) is 21.0 Å². The van der Waals surface area contributed by atoms with Gasteiger partial charge in [0.2, 0.25) is 0 Å². The molecule has 0 bridgehead atoms. The van der Waals surface area contributed by atoms with Crippen LogP contribution >= 0.6 is 43.2 Å². The van der Waals surface area contributed by atoms with E-state index in [1.807, 2.05) is 42.5 Å². The standard InChI is InChI=1S/C54H66N8O11S4/c1-35-27-42(51-59(17-21-70-51)53(64)72-23-25-74-76-48-13-7-9-15-57-48)61(33-35)37(3)38-29-44(66-4)46(31-40(38)55)68-19-11-6-12-20-69-47-32-41(56)39(30-45(47)67-5)50(63)62-34-36(2)28-43(62)52-60(18-22-71-52)54(65)73-24-26-75-77-49-14-8-10-16-58-49/h7-10,13-16,29-32,42-43,51-52H,1-3,6,11-12,17-28,33-34,55-56H2,4-5H3/t42-,43-,51?,52?/m0/s1. The van der Waals surface area contributed by atoms with Crippen LogP contribution in [0.25, 0.3) is 5.70 Å². The van der Waals surface area contributed by atoms with Crippen molar-refractivity contribution in [2.75, 3.05) is 103 Å². The summed E-state index contributed by atoms with van der Waals surface area (Å²) >= 11 is 0. The number of benzene rings is 2. The number of ether oxygens (including phenoxy) is 8. The van der Waals surface area contributed by atoms with Crippen LogP contribution < -0.4 is 30.4 Å². The highest BCUT2D eigenvalue weighted by Crippen LogP contribution is 2.41. The number of likely N-dealkylation sites (tertiary alicyclic amines) is 2. The normalized spacial score (nSPS) is 19.2. The minimum Gasteiger partial charge on any atom is -0.493 e. The lowest BCUT2D eigenvalue weighted by molar-refractivity contribution is -0.0200. The number of hydrogen-bond acceptors (Lipinski definition) is 20. The number of nitrogens with zero attached hydrogens (tertiary/aromatic N) is 6. The molecule has 0 saturated carbocycles. The van der Waals surface area contributed by atoms with Gasteiger partial charge in [-0.05, 0) is 90.1 Å². The summed E-state index contributed by atoms with van der Waals surface area (Å²) in [5.41, 5.74) is 17.3. The maximum absolute atomic E-state index is 14.2. The number of methoxy groups -OCH3 is 2. The van der Waals surface area contributed by atoms with E-state index in [9.17, 15) is 14.4 Å². The zero-order chi connectivity index (χ0) is 54.3. The third-order valence-electron chi connectivity index (χ3n) is 13.0. The largest absolute Gasteiger partial charge is 0.493 e. The Bertz CT molecular complexity index is 2530. The Kier molecular flexibility index (Phi) is 20.7. The number of nitrogens with two attached hydrogens (primary N) is 2. The lowest BCUT2D eigenvalue weighted by atomic mass is 10.1. The van der Waals surface area contributed by atoms with Crippen LogP contribution in [0.5, 0.6) is 23.0 Å². The first kappa shape index (κ1) is 57.1. The topological polar surface area (TPSA) is 216 Å². The van der Waals surface area contributed by atoms with E-state index in [1.165, 1.54) is 33.6 Å². The number of hydrogen-bond donors (Lipinski definition) is 2. The molecule has 4 atom stereocenters. The van der Waals surface area contributed by atoms with Gasteiger partial charge in [0, 0.05) is 71.8 Å². The second kappa shape index (κ2) is 28.0. The van der Waals surface area contributed by atoms with Gasteiger partial charge in [0.05, 0.1) is 71.4 Å². The summed E-state index contributed by atoms with van der Waals surface area (Å²) in [6.45, 7) is 16.3. The number of rotatable bonds is 25. The average Bonchev–Trinajstić information content (AvgIpc) is 4.30. The van der Waals surface area contributed by atoms with Gasteiger partial charge in [0.15, 0.2) is 35.5 Å². The number of anilines is 2. The van der Waals surface area contributed by atoms with Crippen molar-refractivity contribution >= 4 is 78.3 Å². The summed E-state index contributed by atoms with van der Waals surface area (Å²) in [4.78, 5) is 56.3. The second-order valence-electron chi connectivity index (χ2n) is 18.3. The molecule has 412 valence electrons. The molecule has 6 heterocycles. The van der Waals surface area contributed by atoms with Crippen molar-refractivity contribution in [3.8, 4) is 23.0 Å². The maximum atomic E-state index is 14.2. The Morgan fingerprint density at radius 1 is 0.636 bits per heavy atom. The summed E-state index contributed by atoms with van der Waals surface area (Å²) in [5, 5.41) is 1.77. The van der Waals surface area contributed by atoms with Gasteiger partial charge in [-0.15, -0.1) is 0 Å². The number of carbonyl (C=O) groups is 3. The van der Waals surface area contributed by atoms with E-state index < -0.39 is 30.7 Å². The average molecular weight is 1130 g/mol. The molecule has 0 aliphatic carbocycles. The fraction of sp³-hybridized carbons (Fsp3) is 0.426. The van der Waals surface area contributed by atoms with Crippen molar-refractivity contribution in [2.24, 2.45) is 0 Å². The molecule has 4 aliphatic rings. The number of amides is 3. The van der Waals surface area contributed by atoms with E-state index in [0.717, 1.165) is 27.6 Å². The molecule has 0 spiro atoms. The molecular weight excluding hydrogens is 1060 g/mol. The van der Waals surface area contributed by atoms with Crippen molar-refractivity contribution in [1.82, 2.24) is 29.6 Å². The van der Waals surface area contributed by atoms with Gasteiger partial charge in [-0.25, -0.2) is 19.6 Å². The van der Waals surface area contributed by atoms with E-state index >= 15 is 0 Å². The molecule has 0 radical (unpaired) electrons. The number of unbranched alkanes of at least 4 members (excludes halogenated alkanes) is 2. The smallest absolute Gasteiger partial charge is 0.412 e. The number of carbonyl (C=O) groups excluding carboxylic acids is 3. The molecule has 4 aromatic rings. The van der Waals surface area contributed by atoms with Crippen LogP contribution in [0.3, 0.4) is 0 Å². The molecule has 3 amide bonds. The highest BCUT2D eigenvalue weighted by atomic mass is 33.1. The maximum Gasteiger partial charge on any atom is 0.412 e. The molecule has 2 unspecified atom stereocenters. The van der Waals surface area contributed by atoms with Crippen molar-refractivity contribution in [3.63, 3.8) is 0 Å². The third-order valence-corrected chi connectivity index (χ3v) is 17.5. The zero-order valence-corrected chi connectivity index (χ0v) is 46.6. The SMILES string of the molecule is C=C1C[C@@H](C2OCCN2C(=O)OCCSSc2ccccn2)N(C(=C)c2cc(OC)c(OCCCCCOc3cc(N)c(C(=O)N4CC(=C)C[C@H]4C4OCCN4C(=O)OCCSSc4ccccn4)cc3OC)cc2N)C1. The third kappa shape index (κ3) is 14.7. The van der Waals surface area contributed by atoms with Crippen molar-refractivity contribution < 1.29 is 52.3 Å². The summed E-state index contributed by atoms with van der Waals surface area (Å²) in [6.07, 6.45) is 4.51. The van der Waals surface area contributed by atoms with Gasteiger partial charge in [-0.2, -0.15) is 0 Å².